The monoisotopic (exact) mass is 542 g/mol. The number of aliphatic hydroxyl groups excluding tert-OH is 3. The topological polar surface area (TPSA) is 165 Å². The van der Waals surface area contributed by atoms with E-state index in [1.165, 1.54) is 24.3 Å². The van der Waals surface area contributed by atoms with E-state index in [0.29, 0.717) is 35.1 Å². The van der Waals surface area contributed by atoms with Crippen LogP contribution in [-0.2, 0) is 35.6 Å². The molecule has 9 heteroatoms. The Morgan fingerprint density at radius 2 is 1.23 bits per heavy atom. The fourth-order valence-corrected chi connectivity index (χ4v) is 4.44. The molecule has 9 nitrogen and oxygen atoms in total. The van der Waals surface area contributed by atoms with Gasteiger partial charge in [0.1, 0.15) is 29.1 Å². The number of ether oxygens (including phenoxy) is 1. The summed E-state index contributed by atoms with van der Waals surface area (Å²) in [6.07, 6.45) is 6.28. The van der Waals surface area contributed by atoms with Crippen molar-refractivity contribution in [1.82, 2.24) is 0 Å². The van der Waals surface area contributed by atoms with Crippen molar-refractivity contribution in [2.75, 3.05) is 6.61 Å². The fourth-order valence-electron chi connectivity index (χ4n) is 4.44. The van der Waals surface area contributed by atoms with E-state index in [4.69, 9.17) is 20.1 Å². The molecule has 1 heterocycles. The Morgan fingerprint density at radius 1 is 0.718 bits per heavy atom. The van der Waals surface area contributed by atoms with E-state index in [2.05, 4.69) is 0 Å². The summed E-state index contributed by atoms with van der Waals surface area (Å²) in [6.45, 7) is 5.16. The summed E-state index contributed by atoms with van der Waals surface area (Å²) in [7, 11) is 0. The van der Waals surface area contributed by atoms with Crippen molar-refractivity contribution in [2.24, 2.45) is 0 Å². The van der Waals surface area contributed by atoms with Crippen LogP contribution in [0.25, 0.3) is 0 Å². The maximum absolute atomic E-state index is 11.3. The van der Waals surface area contributed by atoms with Crippen LogP contribution in [0, 0.1) is 0 Å². The minimum Gasteiger partial charge on any atom is -0.508 e. The summed E-state index contributed by atoms with van der Waals surface area (Å²) >= 11 is 0. The summed E-state index contributed by atoms with van der Waals surface area (Å²) in [4.78, 5) is 22.5. The molecule has 0 amide bonds. The highest BCUT2D eigenvalue weighted by molar-refractivity contribution is 6.20. The highest BCUT2D eigenvalue weighted by Gasteiger charge is 2.23. The van der Waals surface area contributed by atoms with Crippen LogP contribution in [0.4, 0.5) is 0 Å². The average Bonchev–Trinajstić information content (AvgIpc) is 3.30. The molecule has 1 aliphatic carbocycles. The summed E-state index contributed by atoms with van der Waals surface area (Å²) in [5, 5.41) is 55.2. The molecule has 2 aromatic carbocycles. The second kappa shape index (κ2) is 15.1. The van der Waals surface area contributed by atoms with Crippen LogP contribution in [0.5, 0.6) is 23.0 Å². The Balaban J connectivity index is 0.000000205. The van der Waals surface area contributed by atoms with Crippen molar-refractivity contribution < 1.29 is 45.0 Å². The Hall–Kier alpha value is -3.66. The molecular formula is C30H38O9. The molecule has 0 aromatic heterocycles. The lowest BCUT2D eigenvalue weighted by Gasteiger charge is -2.11. The van der Waals surface area contributed by atoms with Gasteiger partial charge < -0.3 is 35.4 Å². The van der Waals surface area contributed by atoms with E-state index < -0.39 is 0 Å². The number of aliphatic hydroxyl groups is 3. The number of aromatic hydroxyl groups is 3. The van der Waals surface area contributed by atoms with Gasteiger partial charge in [0.05, 0.1) is 19.8 Å². The van der Waals surface area contributed by atoms with E-state index >= 15 is 0 Å². The molecule has 0 fully saturated rings. The van der Waals surface area contributed by atoms with Gasteiger partial charge >= 0.3 is 0 Å². The largest absolute Gasteiger partial charge is 0.508 e. The third-order valence-corrected chi connectivity index (χ3v) is 6.38. The summed E-state index contributed by atoms with van der Waals surface area (Å²) in [5.41, 5.74) is 3.34. The number of allylic oxidation sites excluding steroid dienone is 3. The molecule has 1 atom stereocenters. The number of carbonyl (C=O) groups excluding carboxylic acids is 2. The zero-order valence-electron chi connectivity index (χ0n) is 22.6. The van der Waals surface area contributed by atoms with Gasteiger partial charge in [0.2, 0.25) is 0 Å². The smallest absolute Gasteiger partial charge is 0.184 e. The summed E-state index contributed by atoms with van der Waals surface area (Å²) < 4.78 is 5.48. The fraction of sp³-hybridized carbons (Fsp3) is 0.400. The molecular weight excluding hydrogens is 504 g/mol. The van der Waals surface area contributed by atoms with E-state index in [0.717, 1.165) is 30.6 Å². The Bertz CT molecular complexity index is 1210. The number of fused-ring (bicyclic) bond motifs is 1. The SMILES string of the molecule is CC1Cc2c(ccc(O)c2CO)O1.CCCC1=C(CO)C(=O)C=CC1=O.CCCc1c(O)ccc(O)c1CO. The molecule has 1 aliphatic heterocycles. The first kappa shape index (κ1) is 31.6. The summed E-state index contributed by atoms with van der Waals surface area (Å²) in [6, 6.07) is 6.13. The third kappa shape index (κ3) is 7.92. The van der Waals surface area contributed by atoms with Crippen molar-refractivity contribution in [3.8, 4) is 23.0 Å². The van der Waals surface area contributed by atoms with Gasteiger partial charge in [-0.3, -0.25) is 9.59 Å². The van der Waals surface area contributed by atoms with E-state index in [1.54, 1.807) is 12.1 Å². The number of phenols is 3. The lowest BCUT2D eigenvalue weighted by Crippen LogP contribution is -2.16. The number of phenolic OH excluding ortho intramolecular Hbond substituents is 1. The van der Waals surface area contributed by atoms with Gasteiger partial charge in [-0.05, 0) is 56.2 Å². The van der Waals surface area contributed by atoms with Gasteiger partial charge in [-0.15, -0.1) is 0 Å². The van der Waals surface area contributed by atoms with E-state index in [9.17, 15) is 24.9 Å². The van der Waals surface area contributed by atoms with Crippen LogP contribution in [0.1, 0.15) is 62.3 Å². The molecule has 0 saturated carbocycles. The molecule has 0 bridgehead atoms. The Labute approximate surface area is 228 Å². The predicted molar refractivity (Wildman–Crippen MR) is 146 cm³/mol. The highest BCUT2D eigenvalue weighted by atomic mass is 16.5. The molecule has 212 valence electrons. The highest BCUT2D eigenvalue weighted by Crippen LogP contribution is 2.36. The van der Waals surface area contributed by atoms with Gasteiger partial charge in [0, 0.05) is 39.8 Å². The van der Waals surface area contributed by atoms with Crippen LogP contribution >= 0.6 is 0 Å². The molecule has 0 saturated heterocycles. The average molecular weight is 543 g/mol. The van der Waals surface area contributed by atoms with Crippen molar-refractivity contribution in [3.05, 3.63) is 69.8 Å². The molecule has 39 heavy (non-hydrogen) atoms. The predicted octanol–water partition coefficient (Wildman–Crippen LogP) is 3.53. The number of hydrogen-bond acceptors (Lipinski definition) is 9. The van der Waals surface area contributed by atoms with E-state index in [1.807, 2.05) is 20.8 Å². The van der Waals surface area contributed by atoms with Crippen LogP contribution in [0.15, 0.2) is 47.6 Å². The van der Waals surface area contributed by atoms with Crippen LogP contribution in [0.3, 0.4) is 0 Å². The second-order valence-corrected chi connectivity index (χ2v) is 9.23. The number of rotatable bonds is 7. The first-order chi connectivity index (χ1) is 18.6. The zero-order chi connectivity index (χ0) is 29.1. The van der Waals surface area contributed by atoms with Gasteiger partial charge in [-0.25, -0.2) is 0 Å². The molecule has 4 rings (SSSR count). The standard InChI is InChI=1S/C10H12O3.C10H14O3.C10H12O3/c1-6-4-7-8(5-11)9(12)2-3-10(7)13-6;2*1-2-3-7-8(6-11)10(13)5-4-9(7)12/h2-3,6,11-12H,4-5H2,1H3;4-5,11-13H,2-3,6H2,1H3;4-5,11H,2-3,6H2,1H3. The number of ketones is 2. The van der Waals surface area contributed by atoms with Crippen molar-refractivity contribution >= 4 is 11.6 Å². The second-order valence-electron chi connectivity index (χ2n) is 9.23. The third-order valence-electron chi connectivity index (χ3n) is 6.38. The van der Waals surface area contributed by atoms with Crippen LogP contribution in [-0.4, -0.2) is 54.9 Å². The van der Waals surface area contributed by atoms with E-state index in [-0.39, 0.29) is 60.3 Å². The van der Waals surface area contributed by atoms with Crippen molar-refractivity contribution in [2.45, 2.75) is 72.2 Å². The van der Waals surface area contributed by atoms with Gasteiger partial charge in [0.15, 0.2) is 11.6 Å². The van der Waals surface area contributed by atoms with Gasteiger partial charge in [-0.2, -0.15) is 0 Å². The molecule has 0 spiro atoms. The lowest BCUT2D eigenvalue weighted by atomic mass is 9.92. The Morgan fingerprint density at radius 3 is 1.77 bits per heavy atom. The Kier molecular flexibility index (Phi) is 12.2. The number of carbonyl (C=O) groups is 2. The molecule has 1 unspecified atom stereocenters. The van der Waals surface area contributed by atoms with Crippen molar-refractivity contribution in [1.29, 1.82) is 0 Å². The maximum Gasteiger partial charge on any atom is 0.184 e. The molecule has 2 aliphatic rings. The molecule has 0 radical (unpaired) electrons. The molecule has 2 aromatic rings. The normalized spacial score (nSPS) is 15.7. The van der Waals surface area contributed by atoms with Crippen molar-refractivity contribution in [3.63, 3.8) is 0 Å². The molecule has 6 N–H and O–H groups in total. The van der Waals surface area contributed by atoms with Crippen LogP contribution < -0.4 is 4.74 Å². The maximum atomic E-state index is 11.3. The minimum atomic E-state index is -0.343. The number of hydrogen-bond donors (Lipinski definition) is 6. The van der Waals surface area contributed by atoms with Crippen LogP contribution in [0.2, 0.25) is 0 Å². The van der Waals surface area contributed by atoms with Gasteiger partial charge in [0.25, 0.3) is 0 Å². The zero-order valence-corrected chi connectivity index (χ0v) is 22.6. The first-order valence-corrected chi connectivity index (χ1v) is 13.0. The first-order valence-electron chi connectivity index (χ1n) is 13.0. The quantitative estimate of drug-likeness (QED) is 0.227. The summed E-state index contributed by atoms with van der Waals surface area (Å²) in [5.74, 6) is 0.733. The lowest BCUT2D eigenvalue weighted by molar-refractivity contribution is -0.115. The minimum absolute atomic E-state index is 0.0451. The number of benzene rings is 2. The van der Waals surface area contributed by atoms with Gasteiger partial charge in [-0.1, -0.05) is 26.7 Å².